The van der Waals surface area contributed by atoms with Crippen LogP contribution in [0.3, 0.4) is 0 Å². The third-order valence-electron chi connectivity index (χ3n) is 2.27. The largest absolute Gasteiger partial charge is 0.475 e. The number of hydrogen-bond acceptors (Lipinski definition) is 7. The first-order valence-electron chi connectivity index (χ1n) is 4.95. The standard InChI is InChI=1S/C9H5N5O4S/c15-8(4-2-19-14-12-4)10-7-6-3(11-13-7)1-5(18-6)9(16)17/h1-2H,(H,16,17)(H2,10,11,13,15). The maximum atomic E-state index is 11.7. The number of carbonyl (C=O) groups excluding carboxylic acids is 1. The van der Waals surface area contributed by atoms with E-state index in [2.05, 4.69) is 25.1 Å². The molecule has 19 heavy (non-hydrogen) atoms. The van der Waals surface area contributed by atoms with Gasteiger partial charge in [0.1, 0.15) is 5.52 Å². The van der Waals surface area contributed by atoms with Gasteiger partial charge in [-0.1, -0.05) is 4.49 Å². The Hall–Kier alpha value is -2.75. The third kappa shape index (κ3) is 1.93. The van der Waals surface area contributed by atoms with Crippen molar-refractivity contribution in [3.8, 4) is 0 Å². The van der Waals surface area contributed by atoms with Crippen molar-refractivity contribution in [1.29, 1.82) is 0 Å². The molecule has 0 unspecified atom stereocenters. The van der Waals surface area contributed by atoms with Gasteiger partial charge in [0.15, 0.2) is 17.1 Å². The van der Waals surface area contributed by atoms with Gasteiger partial charge in [0.25, 0.3) is 5.91 Å². The molecule has 0 saturated carbocycles. The lowest BCUT2D eigenvalue weighted by atomic mass is 10.4. The molecule has 0 aliphatic carbocycles. The van der Waals surface area contributed by atoms with Crippen LogP contribution >= 0.6 is 11.5 Å². The zero-order valence-corrected chi connectivity index (χ0v) is 9.89. The van der Waals surface area contributed by atoms with Crippen LogP contribution in [-0.2, 0) is 0 Å². The Morgan fingerprint density at radius 3 is 3.00 bits per heavy atom. The highest BCUT2D eigenvalue weighted by molar-refractivity contribution is 7.03. The highest BCUT2D eigenvalue weighted by Crippen LogP contribution is 2.24. The molecule has 0 saturated heterocycles. The Morgan fingerprint density at radius 1 is 1.47 bits per heavy atom. The maximum Gasteiger partial charge on any atom is 0.371 e. The minimum Gasteiger partial charge on any atom is -0.475 e. The Morgan fingerprint density at radius 2 is 2.32 bits per heavy atom. The molecule has 10 heteroatoms. The van der Waals surface area contributed by atoms with Crippen LogP contribution in [0.15, 0.2) is 15.9 Å². The molecule has 0 spiro atoms. The van der Waals surface area contributed by atoms with E-state index in [-0.39, 0.29) is 22.9 Å². The number of furan rings is 1. The van der Waals surface area contributed by atoms with E-state index in [4.69, 9.17) is 9.52 Å². The first-order chi connectivity index (χ1) is 9.15. The molecule has 3 heterocycles. The summed E-state index contributed by atoms with van der Waals surface area (Å²) >= 11 is 1.04. The summed E-state index contributed by atoms with van der Waals surface area (Å²) < 4.78 is 8.64. The molecule has 3 rings (SSSR count). The Bertz CT molecular complexity index is 759. The quantitative estimate of drug-likeness (QED) is 0.649. The average Bonchev–Trinajstić information content (AvgIpc) is 3.05. The van der Waals surface area contributed by atoms with Crippen molar-refractivity contribution in [1.82, 2.24) is 19.8 Å². The van der Waals surface area contributed by atoms with E-state index < -0.39 is 11.9 Å². The van der Waals surface area contributed by atoms with E-state index in [0.717, 1.165) is 11.5 Å². The predicted octanol–water partition coefficient (Wildman–Crippen LogP) is 0.958. The summed E-state index contributed by atoms with van der Waals surface area (Å²) in [6, 6.07) is 1.28. The number of aromatic nitrogens is 4. The van der Waals surface area contributed by atoms with E-state index in [1.165, 1.54) is 11.4 Å². The molecular weight excluding hydrogens is 274 g/mol. The van der Waals surface area contributed by atoms with E-state index in [9.17, 15) is 9.59 Å². The average molecular weight is 279 g/mol. The van der Waals surface area contributed by atoms with Gasteiger partial charge in [-0.2, -0.15) is 5.10 Å². The third-order valence-corrected chi connectivity index (χ3v) is 2.78. The van der Waals surface area contributed by atoms with Crippen LogP contribution in [0.25, 0.3) is 11.1 Å². The molecule has 0 bridgehead atoms. The van der Waals surface area contributed by atoms with Gasteiger partial charge in [0.2, 0.25) is 5.76 Å². The number of carboxylic acid groups (broad SMARTS) is 1. The number of amides is 1. The minimum absolute atomic E-state index is 0.0977. The lowest BCUT2D eigenvalue weighted by Crippen LogP contribution is -2.12. The van der Waals surface area contributed by atoms with E-state index in [1.807, 2.05) is 0 Å². The van der Waals surface area contributed by atoms with Gasteiger partial charge in [0, 0.05) is 11.4 Å². The first-order valence-corrected chi connectivity index (χ1v) is 5.78. The fourth-order valence-electron chi connectivity index (χ4n) is 1.44. The molecule has 1 amide bonds. The summed E-state index contributed by atoms with van der Waals surface area (Å²) in [6.07, 6.45) is 0. The molecule has 0 aliphatic rings. The Labute approximate surface area is 108 Å². The molecule has 0 radical (unpaired) electrons. The number of aromatic amines is 1. The fraction of sp³-hybridized carbons (Fsp3) is 0. The minimum atomic E-state index is -1.20. The summed E-state index contributed by atoms with van der Waals surface area (Å²) in [5.41, 5.74) is 0.684. The lowest BCUT2D eigenvalue weighted by molar-refractivity contribution is 0.0665. The number of aromatic carboxylic acids is 1. The second kappa shape index (κ2) is 4.17. The number of nitrogens with zero attached hydrogens (tertiary/aromatic N) is 3. The highest BCUT2D eigenvalue weighted by Gasteiger charge is 2.18. The molecule has 0 atom stereocenters. The summed E-state index contributed by atoms with van der Waals surface area (Å²) in [5.74, 6) is -1.85. The molecule has 96 valence electrons. The van der Waals surface area contributed by atoms with Crippen LogP contribution in [0.2, 0.25) is 0 Å². The van der Waals surface area contributed by atoms with Crippen LogP contribution in [0, 0.1) is 0 Å². The molecule has 3 aromatic heterocycles. The van der Waals surface area contributed by atoms with Gasteiger partial charge in [-0.3, -0.25) is 9.89 Å². The zero-order chi connectivity index (χ0) is 13.4. The summed E-state index contributed by atoms with van der Waals surface area (Å²) in [7, 11) is 0. The van der Waals surface area contributed by atoms with E-state index in [1.54, 1.807) is 0 Å². The molecule has 0 aromatic carbocycles. The smallest absolute Gasteiger partial charge is 0.371 e. The van der Waals surface area contributed by atoms with E-state index in [0.29, 0.717) is 5.52 Å². The first kappa shape index (κ1) is 11.3. The van der Waals surface area contributed by atoms with Crippen LogP contribution in [0.5, 0.6) is 0 Å². The number of rotatable bonds is 3. The summed E-state index contributed by atoms with van der Waals surface area (Å²) in [5, 5.41) is 22.7. The number of nitrogens with one attached hydrogen (secondary N) is 2. The number of H-pyrrole nitrogens is 1. The van der Waals surface area contributed by atoms with Crippen molar-refractivity contribution in [2.45, 2.75) is 0 Å². The normalized spacial score (nSPS) is 10.7. The summed E-state index contributed by atoms with van der Waals surface area (Å²) in [4.78, 5) is 22.5. The summed E-state index contributed by atoms with van der Waals surface area (Å²) in [6.45, 7) is 0. The van der Waals surface area contributed by atoms with E-state index >= 15 is 0 Å². The van der Waals surface area contributed by atoms with Gasteiger partial charge in [0.05, 0.1) is 0 Å². The van der Waals surface area contributed by atoms with Crippen molar-refractivity contribution in [2.75, 3.05) is 5.32 Å². The van der Waals surface area contributed by atoms with Crippen LogP contribution in [-0.4, -0.2) is 36.8 Å². The topological polar surface area (TPSA) is 134 Å². The van der Waals surface area contributed by atoms with Crippen LogP contribution in [0.4, 0.5) is 5.82 Å². The molecular formula is C9H5N5O4S. The van der Waals surface area contributed by atoms with Crippen LogP contribution in [0.1, 0.15) is 21.0 Å². The SMILES string of the molecule is O=C(Nc1n[nH]c2cc(C(=O)O)oc12)c1csnn1. The predicted molar refractivity (Wildman–Crippen MR) is 63.2 cm³/mol. The van der Waals surface area contributed by atoms with Gasteiger partial charge < -0.3 is 14.8 Å². The molecule has 0 aliphatic heterocycles. The van der Waals surface area contributed by atoms with Crippen molar-refractivity contribution in [3.63, 3.8) is 0 Å². The second-order valence-corrected chi connectivity index (χ2v) is 4.08. The van der Waals surface area contributed by atoms with Crippen molar-refractivity contribution in [3.05, 3.63) is 22.9 Å². The number of carboxylic acids is 1. The Balaban J connectivity index is 1.93. The van der Waals surface area contributed by atoms with Gasteiger partial charge in [-0.25, -0.2) is 4.79 Å². The second-order valence-electron chi connectivity index (χ2n) is 3.48. The van der Waals surface area contributed by atoms with Gasteiger partial charge >= 0.3 is 5.97 Å². The number of hydrogen-bond donors (Lipinski definition) is 3. The zero-order valence-electron chi connectivity index (χ0n) is 9.08. The van der Waals surface area contributed by atoms with Gasteiger partial charge in [-0.15, -0.1) is 5.10 Å². The number of carbonyl (C=O) groups is 2. The number of fused-ring (bicyclic) bond motifs is 1. The van der Waals surface area contributed by atoms with Gasteiger partial charge in [-0.05, 0) is 11.5 Å². The maximum absolute atomic E-state index is 11.7. The van der Waals surface area contributed by atoms with Crippen molar-refractivity contribution in [2.24, 2.45) is 0 Å². The molecule has 9 nitrogen and oxygen atoms in total. The molecule has 3 aromatic rings. The highest BCUT2D eigenvalue weighted by atomic mass is 32.1. The lowest BCUT2D eigenvalue weighted by Gasteiger charge is -1.96. The number of anilines is 1. The molecule has 0 fully saturated rings. The Kier molecular flexibility index (Phi) is 2.49. The molecule has 3 N–H and O–H groups in total. The van der Waals surface area contributed by atoms with Crippen molar-refractivity contribution < 1.29 is 19.1 Å². The fourth-order valence-corrected chi connectivity index (χ4v) is 1.88. The monoisotopic (exact) mass is 279 g/mol. The van der Waals surface area contributed by atoms with Crippen molar-refractivity contribution >= 4 is 40.3 Å². The van der Waals surface area contributed by atoms with Crippen LogP contribution < -0.4 is 5.32 Å².